The Morgan fingerprint density at radius 2 is 0.641 bits per heavy atom. The van der Waals surface area contributed by atoms with Crippen LogP contribution >= 0.6 is 0 Å². The fraction of sp³-hybridized carbons (Fsp3) is 0.167. The second kappa shape index (κ2) is 21.4. The summed E-state index contributed by atoms with van der Waals surface area (Å²) in [7, 11) is 6.65. The summed E-state index contributed by atoms with van der Waals surface area (Å²) < 4.78 is 51.4. The molecule has 0 saturated carbocycles. The third-order valence-corrected chi connectivity index (χ3v) is 4.16. The zero-order chi connectivity index (χ0) is 29.4. The number of carboxylic acids is 1. The van der Waals surface area contributed by atoms with E-state index in [0.717, 1.165) is 23.0 Å². The first kappa shape index (κ1) is 34.3. The Hall–Kier alpha value is -4.66. The number of rotatable bonds is 4. The minimum atomic E-state index is -5.08. The van der Waals surface area contributed by atoms with Crippen molar-refractivity contribution in [2.24, 2.45) is 0 Å². The Morgan fingerprint density at radius 1 is 0.487 bits per heavy atom. The second-order valence-electron chi connectivity index (χ2n) is 6.87. The molecule has 0 bridgehead atoms. The highest BCUT2D eigenvalue weighted by molar-refractivity contribution is 5.73. The van der Waals surface area contributed by atoms with Gasteiger partial charge in [-0.15, -0.1) is 0 Å². The lowest BCUT2D eigenvalue weighted by atomic mass is 10.3. The minimum Gasteiger partial charge on any atom is -0.497 e. The average Bonchev–Trinajstić information content (AvgIpc) is 2.99. The Kier molecular flexibility index (Phi) is 18.9. The maximum atomic E-state index is 10.6. The van der Waals surface area contributed by atoms with Crippen molar-refractivity contribution in [3.63, 3.8) is 0 Å². The largest absolute Gasteiger partial charge is 0.497 e. The molecule has 4 aromatic carbocycles. The van der Waals surface area contributed by atoms with Crippen molar-refractivity contribution in [1.29, 1.82) is 0 Å². The summed E-state index contributed by atoms with van der Waals surface area (Å²) in [5.41, 5.74) is 0. The van der Waals surface area contributed by atoms with Crippen LogP contribution in [0, 0.1) is 0 Å². The van der Waals surface area contributed by atoms with E-state index in [0.29, 0.717) is 0 Å². The molecule has 4 rings (SSSR count). The molecule has 0 aliphatic rings. The van der Waals surface area contributed by atoms with Gasteiger partial charge in [0.25, 0.3) is 0 Å². The molecule has 0 aliphatic heterocycles. The number of carbonyl (C=O) groups is 1. The predicted molar refractivity (Wildman–Crippen MR) is 146 cm³/mol. The fourth-order valence-electron chi connectivity index (χ4n) is 2.23. The minimum absolute atomic E-state index is 0.910. The van der Waals surface area contributed by atoms with Crippen LogP contribution in [0.25, 0.3) is 0 Å². The molecule has 0 heterocycles. The van der Waals surface area contributed by atoms with Crippen LogP contribution in [-0.2, 0) is 4.79 Å². The molecule has 0 amide bonds. The molecule has 4 aromatic rings. The van der Waals surface area contributed by atoms with Gasteiger partial charge in [-0.3, -0.25) is 0 Å². The van der Waals surface area contributed by atoms with E-state index in [1.54, 1.807) is 28.4 Å². The maximum Gasteiger partial charge on any atom is 0.490 e. The van der Waals surface area contributed by atoms with Gasteiger partial charge < -0.3 is 24.1 Å². The number of aliphatic carboxylic acids is 1. The number of hydrogen-bond donors (Lipinski definition) is 1. The van der Waals surface area contributed by atoms with E-state index in [1.807, 2.05) is 121 Å². The topological polar surface area (TPSA) is 74.2 Å². The molecule has 39 heavy (non-hydrogen) atoms. The van der Waals surface area contributed by atoms with Crippen LogP contribution in [0.15, 0.2) is 121 Å². The molecule has 0 aromatic heterocycles. The molecule has 6 nitrogen and oxygen atoms in total. The molecule has 0 unspecified atom stereocenters. The van der Waals surface area contributed by atoms with Crippen molar-refractivity contribution >= 4 is 5.97 Å². The van der Waals surface area contributed by atoms with Crippen molar-refractivity contribution in [3.05, 3.63) is 121 Å². The highest BCUT2D eigenvalue weighted by Gasteiger charge is 2.38. The van der Waals surface area contributed by atoms with Crippen LogP contribution in [0.2, 0.25) is 0 Å². The van der Waals surface area contributed by atoms with Gasteiger partial charge >= 0.3 is 12.1 Å². The molecule has 0 radical (unpaired) electrons. The molecule has 1 N–H and O–H groups in total. The summed E-state index contributed by atoms with van der Waals surface area (Å²) in [6.45, 7) is 0. The van der Waals surface area contributed by atoms with Crippen LogP contribution in [0.1, 0.15) is 0 Å². The molecular weight excluding hydrogens is 513 g/mol. The van der Waals surface area contributed by atoms with E-state index < -0.39 is 12.1 Å². The van der Waals surface area contributed by atoms with Gasteiger partial charge in [-0.05, 0) is 48.5 Å². The average molecular weight is 547 g/mol. The van der Waals surface area contributed by atoms with E-state index in [-0.39, 0.29) is 0 Å². The number of carboxylic acid groups (broad SMARTS) is 1. The zero-order valence-electron chi connectivity index (χ0n) is 22.2. The lowest BCUT2D eigenvalue weighted by Gasteiger charge is -1.93. The van der Waals surface area contributed by atoms with Gasteiger partial charge in [-0.25, -0.2) is 4.79 Å². The standard InChI is InChI=1S/4C7H8O.C2HF3O2/c4*1-8-7-5-3-2-4-6-7;3-2(4,5)1(6)7/h4*2-6H,1H3;(H,6,7). The zero-order valence-corrected chi connectivity index (χ0v) is 22.2. The summed E-state index contributed by atoms with van der Waals surface area (Å²) in [6, 6.07) is 38.7. The Bertz CT molecular complexity index is 937. The summed E-state index contributed by atoms with van der Waals surface area (Å²) >= 11 is 0. The van der Waals surface area contributed by atoms with Gasteiger partial charge in [0, 0.05) is 0 Å². The van der Waals surface area contributed by atoms with Gasteiger partial charge in [0.15, 0.2) is 0 Å². The number of benzene rings is 4. The number of halogens is 3. The first-order valence-electron chi connectivity index (χ1n) is 11.3. The van der Waals surface area contributed by atoms with E-state index in [2.05, 4.69) is 0 Å². The molecule has 0 saturated heterocycles. The number of methoxy groups -OCH3 is 4. The van der Waals surface area contributed by atoms with Gasteiger partial charge in [0.05, 0.1) is 28.4 Å². The highest BCUT2D eigenvalue weighted by atomic mass is 19.4. The summed E-state index contributed by atoms with van der Waals surface area (Å²) in [5, 5.41) is 7.12. The van der Waals surface area contributed by atoms with Crippen molar-refractivity contribution in [2.75, 3.05) is 28.4 Å². The molecule has 0 fully saturated rings. The van der Waals surface area contributed by atoms with Crippen LogP contribution in [0.3, 0.4) is 0 Å². The number of ether oxygens (including phenoxy) is 4. The second-order valence-corrected chi connectivity index (χ2v) is 6.87. The Balaban J connectivity index is 0.000000464. The smallest absolute Gasteiger partial charge is 0.490 e. The van der Waals surface area contributed by atoms with Crippen LogP contribution in [0.5, 0.6) is 23.0 Å². The molecule has 0 spiro atoms. The maximum absolute atomic E-state index is 10.6. The fourth-order valence-corrected chi connectivity index (χ4v) is 2.23. The summed E-state index contributed by atoms with van der Waals surface area (Å²) in [6.07, 6.45) is -5.08. The van der Waals surface area contributed by atoms with E-state index in [1.165, 1.54) is 0 Å². The number of alkyl halides is 3. The van der Waals surface area contributed by atoms with Crippen molar-refractivity contribution < 1.29 is 42.0 Å². The van der Waals surface area contributed by atoms with Gasteiger partial charge in [-0.2, -0.15) is 13.2 Å². The van der Waals surface area contributed by atoms with E-state index >= 15 is 0 Å². The SMILES string of the molecule is COc1ccccc1.COc1ccccc1.COc1ccccc1.COc1ccccc1.O=C(O)C(F)(F)F. The third kappa shape index (κ3) is 19.2. The molecule has 0 aliphatic carbocycles. The van der Waals surface area contributed by atoms with Crippen molar-refractivity contribution in [1.82, 2.24) is 0 Å². The normalized spacial score (nSPS) is 9.10. The van der Waals surface area contributed by atoms with E-state index in [9.17, 15) is 13.2 Å². The third-order valence-electron chi connectivity index (χ3n) is 4.16. The first-order valence-corrected chi connectivity index (χ1v) is 11.3. The van der Waals surface area contributed by atoms with Crippen LogP contribution < -0.4 is 18.9 Å². The lowest BCUT2D eigenvalue weighted by molar-refractivity contribution is -0.192. The van der Waals surface area contributed by atoms with Crippen molar-refractivity contribution in [3.8, 4) is 23.0 Å². The van der Waals surface area contributed by atoms with Crippen molar-refractivity contribution in [2.45, 2.75) is 6.18 Å². The van der Waals surface area contributed by atoms with Gasteiger partial charge in [-0.1, -0.05) is 72.8 Å². The molecule has 0 atom stereocenters. The Labute approximate surface area is 227 Å². The van der Waals surface area contributed by atoms with Gasteiger partial charge in [0.1, 0.15) is 23.0 Å². The molecular formula is C30H33F3O6. The quantitative estimate of drug-likeness (QED) is 0.287. The first-order chi connectivity index (χ1) is 18.7. The van der Waals surface area contributed by atoms with Crippen LogP contribution in [-0.4, -0.2) is 45.7 Å². The molecule has 9 heteroatoms. The monoisotopic (exact) mass is 546 g/mol. The highest BCUT2D eigenvalue weighted by Crippen LogP contribution is 2.13. The predicted octanol–water partition coefficient (Wildman–Crippen LogP) is 7.41. The number of hydrogen-bond acceptors (Lipinski definition) is 5. The summed E-state index contributed by atoms with van der Waals surface area (Å²) in [5.74, 6) is 0.882. The Morgan fingerprint density at radius 3 is 0.718 bits per heavy atom. The summed E-state index contributed by atoms with van der Waals surface area (Å²) in [4.78, 5) is 8.90. The van der Waals surface area contributed by atoms with Gasteiger partial charge in [0.2, 0.25) is 0 Å². The van der Waals surface area contributed by atoms with E-state index in [4.69, 9.17) is 28.8 Å². The lowest BCUT2D eigenvalue weighted by Crippen LogP contribution is -2.21. The van der Waals surface area contributed by atoms with Crippen LogP contribution in [0.4, 0.5) is 13.2 Å². The number of para-hydroxylation sites is 4. The molecule has 210 valence electrons.